The van der Waals surface area contributed by atoms with Crippen molar-refractivity contribution in [1.82, 2.24) is 0 Å². The van der Waals surface area contributed by atoms with Crippen LogP contribution in [0, 0.1) is 0 Å². The van der Waals surface area contributed by atoms with Crippen LogP contribution in [0.5, 0.6) is 0 Å². The number of aliphatic imine (C=N–C) groups is 2. The molecule has 0 amide bonds. The van der Waals surface area contributed by atoms with E-state index in [-0.39, 0.29) is 19.8 Å². The molecule has 0 saturated carbocycles. The molecule has 0 rings (SSSR count). The zero-order valence-corrected chi connectivity index (χ0v) is 27.0. The highest BCUT2D eigenvalue weighted by atomic mass is 33.1. The van der Waals surface area contributed by atoms with E-state index in [1.165, 1.54) is 0 Å². The molecule has 244 valence electrons. The van der Waals surface area contributed by atoms with Gasteiger partial charge in [-0.25, -0.2) is 9.13 Å². The standard InChI is InChI=1S/C22H48N4O11P2S2/c23-21(25-9-3-1-2-4-11-36-38(27,28)29)7-5-19-40-41-20-6-8-22(24)26-10-12-33-13-14-34-15-16-35-17-18-37-39(30,31)32/h1-20H2,(H2,23,25)(H2,24,26)(H2,27,28,29)(H2,30,31,32). The lowest BCUT2D eigenvalue weighted by molar-refractivity contribution is 0.00873. The second-order valence-corrected chi connectivity index (χ2v) is 13.7. The first-order chi connectivity index (χ1) is 19.5. The molecule has 0 aliphatic heterocycles. The van der Waals surface area contributed by atoms with Crippen LogP contribution in [0.15, 0.2) is 9.98 Å². The smallest absolute Gasteiger partial charge is 0.387 e. The second-order valence-electron chi connectivity index (χ2n) is 8.50. The number of amidine groups is 2. The Hall–Kier alpha value is -0.260. The van der Waals surface area contributed by atoms with Gasteiger partial charge in [-0.2, -0.15) is 0 Å². The molecule has 41 heavy (non-hydrogen) atoms. The van der Waals surface area contributed by atoms with Crippen molar-refractivity contribution >= 4 is 48.9 Å². The predicted octanol–water partition coefficient (Wildman–Crippen LogP) is 2.47. The zero-order chi connectivity index (χ0) is 30.7. The van der Waals surface area contributed by atoms with Gasteiger partial charge in [-0.1, -0.05) is 34.4 Å². The highest BCUT2D eigenvalue weighted by molar-refractivity contribution is 8.76. The monoisotopic (exact) mass is 670 g/mol. The molecule has 0 heterocycles. The highest BCUT2D eigenvalue weighted by Gasteiger charge is 2.13. The van der Waals surface area contributed by atoms with Gasteiger partial charge >= 0.3 is 15.6 Å². The Bertz CT molecular complexity index is 789. The molecule has 0 fully saturated rings. The zero-order valence-electron chi connectivity index (χ0n) is 23.5. The lowest BCUT2D eigenvalue weighted by Crippen LogP contribution is -2.15. The Morgan fingerprint density at radius 3 is 1.54 bits per heavy atom. The minimum Gasteiger partial charge on any atom is -0.387 e. The van der Waals surface area contributed by atoms with Gasteiger partial charge in [0, 0.05) is 30.9 Å². The average molecular weight is 671 g/mol. The SMILES string of the molecule is NC(CCCSSCCCC(N)=NCCOCCOCCOCCOP(=O)(O)O)=NCCCCCCOP(=O)(O)O. The van der Waals surface area contributed by atoms with E-state index >= 15 is 0 Å². The molecule has 0 unspecified atom stereocenters. The van der Waals surface area contributed by atoms with Gasteiger partial charge in [0.25, 0.3) is 0 Å². The van der Waals surface area contributed by atoms with Gasteiger partial charge in [0.05, 0.1) is 71.1 Å². The first kappa shape index (κ1) is 40.7. The largest absolute Gasteiger partial charge is 0.469 e. The predicted molar refractivity (Wildman–Crippen MR) is 163 cm³/mol. The number of phosphoric ester groups is 2. The Balaban J connectivity index is 3.42. The number of unbranched alkanes of at least 4 members (excludes halogenated alkanes) is 3. The summed E-state index contributed by atoms with van der Waals surface area (Å²) in [5.74, 6) is 3.26. The second kappa shape index (κ2) is 27.3. The average Bonchev–Trinajstić information content (AvgIpc) is 2.88. The number of hydrogen-bond acceptors (Lipinski definition) is 11. The maximum absolute atomic E-state index is 10.6. The fraction of sp³-hybridized carbons (Fsp3) is 0.909. The number of hydrogen-bond donors (Lipinski definition) is 6. The number of nitrogens with two attached hydrogens (primary N) is 2. The molecule has 0 aromatic carbocycles. The van der Waals surface area contributed by atoms with Crippen LogP contribution in [0.1, 0.15) is 51.4 Å². The van der Waals surface area contributed by atoms with Crippen LogP contribution >= 0.6 is 37.2 Å². The minimum absolute atomic E-state index is 0.0632. The molecular weight excluding hydrogens is 622 g/mol. The third-order valence-electron chi connectivity index (χ3n) is 4.81. The molecule has 0 atom stereocenters. The summed E-state index contributed by atoms with van der Waals surface area (Å²) in [4.78, 5) is 42.9. The van der Waals surface area contributed by atoms with E-state index in [2.05, 4.69) is 19.0 Å². The Morgan fingerprint density at radius 1 is 0.561 bits per heavy atom. The molecule has 8 N–H and O–H groups in total. The molecule has 0 aromatic heterocycles. The summed E-state index contributed by atoms with van der Waals surface area (Å²) < 4.78 is 45.5. The fourth-order valence-electron chi connectivity index (χ4n) is 2.88. The van der Waals surface area contributed by atoms with Crippen LogP contribution in [-0.4, -0.2) is 109 Å². The Kier molecular flexibility index (Phi) is 27.1. The van der Waals surface area contributed by atoms with E-state index in [0.717, 1.165) is 56.5 Å². The molecule has 0 saturated heterocycles. The van der Waals surface area contributed by atoms with E-state index in [0.29, 0.717) is 64.2 Å². The van der Waals surface area contributed by atoms with Gasteiger partial charge in [-0.3, -0.25) is 19.0 Å². The van der Waals surface area contributed by atoms with Crippen molar-refractivity contribution in [1.29, 1.82) is 0 Å². The van der Waals surface area contributed by atoms with Gasteiger partial charge in [-0.15, -0.1) is 0 Å². The Morgan fingerprint density at radius 2 is 1.00 bits per heavy atom. The summed E-state index contributed by atoms with van der Waals surface area (Å²) in [6.07, 6.45) is 6.67. The van der Waals surface area contributed by atoms with Crippen molar-refractivity contribution in [2.45, 2.75) is 51.4 Å². The van der Waals surface area contributed by atoms with Crippen LogP contribution in [0.2, 0.25) is 0 Å². The normalized spacial score (nSPS) is 13.3. The molecule has 0 spiro atoms. The third kappa shape index (κ3) is 35.8. The summed E-state index contributed by atoms with van der Waals surface area (Å²) in [5, 5.41) is 0. The Labute approximate surface area is 250 Å². The number of rotatable bonds is 30. The van der Waals surface area contributed by atoms with Crippen LogP contribution < -0.4 is 11.5 Å². The van der Waals surface area contributed by atoms with Crippen LogP contribution in [0.3, 0.4) is 0 Å². The van der Waals surface area contributed by atoms with E-state index in [4.69, 9.17) is 45.3 Å². The van der Waals surface area contributed by atoms with Crippen molar-refractivity contribution in [3.63, 3.8) is 0 Å². The quantitative estimate of drug-likeness (QED) is 0.0212. The molecule has 0 aromatic rings. The molecule has 0 bridgehead atoms. The molecular formula is C22H48N4O11P2S2. The number of nitrogens with zero attached hydrogens (tertiary/aromatic N) is 2. The summed E-state index contributed by atoms with van der Waals surface area (Å²) in [7, 11) is -5.18. The van der Waals surface area contributed by atoms with Crippen molar-refractivity contribution in [2.75, 3.05) is 77.5 Å². The third-order valence-corrected chi connectivity index (χ3v) is 8.43. The topological polar surface area (TPSA) is 238 Å². The van der Waals surface area contributed by atoms with Gasteiger partial charge in [0.2, 0.25) is 0 Å². The summed E-state index contributed by atoms with van der Waals surface area (Å²) in [6.45, 7) is 3.03. The van der Waals surface area contributed by atoms with Crippen molar-refractivity contribution in [3.05, 3.63) is 0 Å². The maximum Gasteiger partial charge on any atom is 0.469 e. The van der Waals surface area contributed by atoms with Gasteiger partial charge in [-0.05, 0) is 25.7 Å². The summed E-state index contributed by atoms with van der Waals surface area (Å²) in [6, 6.07) is 0. The minimum atomic E-state index is -4.44. The van der Waals surface area contributed by atoms with E-state index in [1.54, 1.807) is 0 Å². The first-order valence-corrected chi connectivity index (χ1v) is 19.0. The molecule has 19 heteroatoms. The van der Waals surface area contributed by atoms with E-state index in [1.807, 2.05) is 21.6 Å². The number of phosphoric acid groups is 2. The maximum atomic E-state index is 10.6. The van der Waals surface area contributed by atoms with Crippen LogP contribution in [0.25, 0.3) is 0 Å². The lowest BCUT2D eigenvalue weighted by Gasteiger charge is -2.07. The van der Waals surface area contributed by atoms with E-state index in [9.17, 15) is 9.13 Å². The van der Waals surface area contributed by atoms with Gasteiger partial charge < -0.3 is 45.3 Å². The molecule has 0 aliphatic rings. The van der Waals surface area contributed by atoms with Crippen molar-refractivity contribution < 1.29 is 52.0 Å². The summed E-state index contributed by atoms with van der Waals surface area (Å²) >= 11 is 0. The fourth-order valence-corrected chi connectivity index (χ4v) is 5.74. The highest BCUT2D eigenvalue weighted by Crippen LogP contribution is 2.36. The van der Waals surface area contributed by atoms with Crippen molar-refractivity contribution in [2.24, 2.45) is 21.5 Å². The summed E-state index contributed by atoms with van der Waals surface area (Å²) in [5.41, 5.74) is 11.9. The van der Waals surface area contributed by atoms with E-state index < -0.39 is 15.6 Å². The van der Waals surface area contributed by atoms with Gasteiger partial charge in [0.15, 0.2) is 0 Å². The molecule has 15 nitrogen and oxygen atoms in total. The van der Waals surface area contributed by atoms with Gasteiger partial charge in [0.1, 0.15) is 0 Å². The first-order valence-electron chi connectivity index (χ1n) is 13.4. The van der Waals surface area contributed by atoms with Crippen molar-refractivity contribution in [3.8, 4) is 0 Å². The molecule has 0 radical (unpaired) electrons. The van der Waals surface area contributed by atoms with Crippen LogP contribution in [0.4, 0.5) is 0 Å². The number of ether oxygens (including phenoxy) is 3. The molecule has 0 aliphatic carbocycles. The lowest BCUT2D eigenvalue weighted by atomic mass is 10.2. The van der Waals surface area contributed by atoms with Crippen LogP contribution in [-0.2, 0) is 32.4 Å².